The van der Waals surface area contributed by atoms with Crippen LogP contribution in [0.2, 0.25) is 5.02 Å². The van der Waals surface area contributed by atoms with Crippen LogP contribution in [-0.4, -0.2) is 29.0 Å². The molecule has 6 nitrogen and oxygen atoms in total. The smallest absolute Gasteiger partial charge is 0.275 e. The Kier molecular flexibility index (Phi) is 5.71. The molecule has 1 aliphatic rings. The van der Waals surface area contributed by atoms with E-state index in [1.54, 1.807) is 24.4 Å². The van der Waals surface area contributed by atoms with Crippen LogP contribution in [0.3, 0.4) is 0 Å². The van der Waals surface area contributed by atoms with Crippen LogP contribution < -0.4 is 15.4 Å². The van der Waals surface area contributed by atoms with E-state index in [1.165, 1.54) is 32.6 Å². The number of carbonyl (C=O) groups is 1. The highest BCUT2D eigenvalue weighted by molar-refractivity contribution is 6.31. The minimum atomic E-state index is -0.364. The molecule has 132 valence electrons. The van der Waals surface area contributed by atoms with E-state index >= 15 is 0 Å². The highest BCUT2D eigenvalue weighted by atomic mass is 35.5. The van der Waals surface area contributed by atoms with Crippen LogP contribution in [0.25, 0.3) is 0 Å². The molecule has 0 atom stereocenters. The Morgan fingerprint density at radius 3 is 2.68 bits per heavy atom. The van der Waals surface area contributed by atoms with Crippen molar-refractivity contribution in [2.45, 2.75) is 38.1 Å². The Balaban J connectivity index is 1.65. The molecule has 2 aromatic rings. The second-order valence-corrected chi connectivity index (χ2v) is 6.50. The molecule has 3 rings (SSSR count). The number of nitrogens with one attached hydrogen (secondary N) is 2. The number of aromatic nitrogens is 2. The molecular weight excluding hydrogens is 340 g/mol. The first-order valence-electron chi connectivity index (χ1n) is 8.39. The summed E-state index contributed by atoms with van der Waals surface area (Å²) in [5, 5.41) is 6.64. The van der Waals surface area contributed by atoms with Gasteiger partial charge in [-0.2, -0.15) is 0 Å². The van der Waals surface area contributed by atoms with Gasteiger partial charge in [-0.15, -0.1) is 0 Å². The lowest BCUT2D eigenvalue weighted by molar-refractivity contribution is 0.102. The van der Waals surface area contributed by atoms with Crippen LogP contribution in [0.15, 0.2) is 30.6 Å². The van der Waals surface area contributed by atoms with Gasteiger partial charge in [0.25, 0.3) is 5.91 Å². The summed E-state index contributed by atoms with van der Waals surface area (Å²) >= 11 is 5.97. The third-order valence-electron chi connectivity index (χ3n) is 4.25. The third kappa shape index (κ3) is 4.60. The van der Waals surface area contributed by atoms with Gasteiger partial charge >= 0.3 is 0 Å². The quantitative estimate of drug-likeness (QED) is 0.838. The molecular formula is C18H21ClN4O2. The molecule has 0 radical (unpaired) electrons. The van der Waals surface area contributed by atoms with Crippen molar-refractivity contribution in [2.75, 3.05) is 17.7 Å². The summed E-state index contributed by atoms with van der Waals surface area (Å²) in [6, 6.07) is 5.46. The fourth-order valence-electron chi connectivity index (χ4n) is 2.94. The summed E-state index contributed by atoms with van der Waals surface area (Å²) in [6.07, 6.45) is 9.16. The number of halogens is 1. The predicted octanol–water partition coefficient (Wildman–Crippen LogP) is 4.14. The lowest BCUT2D eigenvalue weighted by Gasteiger charge is -2.23. The van der Waals surface area contributed by atoms with Gasteiger partial charge in [0.1, 0.15) is 17.3 Å². The first-order valence-corrected chi connectivity index (χ1v) is 8.77. The lowest BCUT2D eigenvalue weighted by atomic mass is 9.96. The number of hydrogen-bond acceptors (Lipinski definition) is 5. The van der Waals surface area contributed by atoms with Crippen molar-refractivity contribution in [3.63, 3.8) is 0 Å². The van der Waals surface area contributed by atoms with Crippen molar-refractivity contribution in [1.29, 1.82) is 0 Å². The first kappa shape index (κ1) is 17.5. The molecule has 25 heavy (non-hydrogen) atoms. The fraction of sp³-hybridized carbons (Fsp3) is 0.389. The maximum Gasteiger partial charge on any atom is 0.275 e. The van der Waals surface area contributed by atoms with Gasteiger partial charge in [0.05, 0.1) is 25.2 Å². The van der Waals surface area contributed by atoms with E-state index in [1.807, 2.05) is 0 Å². The van der Waals surface area contributed by atoms with Crippen molar-refractivity contribution in [1.82, 2.24) is 9.97 Å². The molecule has 1 aliphatic carbocycles. The van der Waals surface area contributed by atoms with Gasteiger partial charge in [0.15, 0.2) is 0 Å². The molecule has 2 N–H and O–H groups in total. The number of amides is 1. The van der Waals surface area contributed by atoms with Crippen molar-refractivity contribution in [3.05, 3.63) is 41.3 Å². The van der Waals surface area contributed by atoms with Crippen LogP contribution in [0.4, 0.5) is 11.5 Å². The Bertz CT molecular complexity index is 730. The Morgan fingerprint density at radius 1 is 1.20 bits per heavy atom. The number of anilines is 2. The van der Waals surface area contributed by atoms with Gasteiger partial charge in [-0.25, -0.2) is 9.97 Å². The summed E-state index contributed by atoms with van der Waals surface area (Å²) in [6.45, 7) is 0. The third-order valence-corrected chi connectivity index (χ3v) is 4.49. The second kappa shape index (κ2) is 8.16. The second-order valence-electron chi connectivity index (χ2n) is 6.06. The molecule has 1 amide bonds. The lowest BCUT2D eigenvalue weighted by Crippen LogP contribution is -2.23. The minimum Gasteiger partial charge on any atom is -0.495 e. The summed E-state index contributed by atoms with van der Waals surface area (Å²) in [7, 11) is 1.53. The van der Waals surface area contributed by atoms with Crippen LogP contribution in [-0.2, 0) is 0 Å². The normalized spacial score (nSPS) is 14.8. The van der Waals surface area contributed by atoms with Crippen LogP contribution in [0.5, 0.6) is 5.75 Å². The zero-order valence-corrected chi connectivity index (χ0v) is 14.8. The molecule has 1 aromatic carbocycles. The predicted molar refractivity (Wildman–Crippen MR) is 98.5 cm³/mol. The largest absolute Gasteiger partial charge is 0.495 e. The van der Waals surface area contributed by atoms with E-state index in [0.717, 1.165) is 12.8 Å². The highest BCUT2D eigenvalue weighted by Gasteiger charge is 2.15. The summed E-state index contributed by atoms with van der Waals surface area (Å²) in [4.78, 5) is 20.9. The van der Waals surface area contributed by atoms with Crippen molar-refractivity contribution < 1.29 is 9.53 Å². The van der Waals surface area contributed by atoms with Crippen LogP contribution >= 0.6 is 11.6 Å². The molecule has 0 spiro atoms. The zero-order chi connectivity index (χ0) is 17.6. The van der Waals surface area contributed by atoms with E-state index in [2.05, 4.69) is 20.6 Å². The van der Waals surface area contributed by atoms with Gasteiger partial charge in [0.2, 0.25) is 0 Å². The molecule has 1 heterocycles. The Morgan fingerprint density at radius 2 is 2.00 bits per heavy atom. The molecule has 0 aliphatic heterocycles. The molecule has 0 saturated heterocycles. The highest BCUT2D eigenvalue weighted by Crippen LogP contribution is 2.28. The molecule has 1 aromatic heterocycles. The van der Waals surface area contributed by atoms with E-state index < -0.39 is 0 Å². The fourth-order valence-corrected chi connectivity index (χ4v) is 3.11. The SMILES string of the molecule is COc1ccc(Cl)cc1NC(=O)c1cnc(NC2CCCCC2)cn1. The number of ether oxygens (including phenoxy) is 1. The minimum absolute atomic E-state index is 0.233. The van der Waals surface area contributed by atoms with Crippen molar-refractivity contribution >= 4 is 29.0 Å². The molecule has 1 saturated carbocycles. The summed E-state index contributed by atoms with van der Waals surface area (Å²) in [5.41, 5.74) is 0.724. The van der Waals surface area contributed by atoms with Gasteiger partial charge in [-0.1, -0.05) is 30.9 Å². The van der Waals surface area contributed by atoms with Gasteiger partial charge in [-0.3, -0.25) is 4.79 Å². The number of carbonyl (C=O) groups excluding carboxylic acids is 1. The van der Waals surface area contributed by atoms with E-state index in [9.17, 15) is 4.79 Å². The van der Waals surface area contributed by atoms with Crippen LogP contribution in [0, 0.1) is 0 Å². The van der Waals surface area contributed by atoms with E-state index in [0.29, 0.717) is 28.3 Å². The van der Waals surface area contributed by atoms with Gasteiger partial charge in [-0.05, 0) is 31.0 Å². The Labute approximate surface area is 152 Å². The molecule has 7 heteroatoms. The number of rotatable bonds is 5. The van der Waals surface area contributed by atoms with Crippen LogP contribution in [0.1, 0.15) is 42.6 Å². The maximum atomic E-state index is 12.4. The number of hydrogen-bond donors (Lipinski definition) is 2. The first-order chi connectivity index (χ1) is 12.2. The average Bonchev–Trinajstić information content (AvgIpc) is 2.63. The number of nitrogens with zero attached hydrogens (tertiary/aromatic N) is 2. The standard InChI is InChI=1S/C18H21ClN4O2/c1-25-16-8-7-12(19)9-14(16)23-18(24)15-10-21-17(11-20-15)22-13-5-3-2-4-6-13/h7-11,13H,2-6H2,1H3,(H,21,22)(H,23,24). The summed E-state index contributed by atoms with van der Waals surface area (Å²) < 4.78 is 5.22. The van der Waals surface area contributed by atoms with Gasteiger partial charge in [0, 0.05) is 11.1 Å². The molecule has 0 unspecified atom stereocenters. The molecule has 1 fully saturated rings. The van der Waals surface area contributed by atoms with Crippen molar-refractivity contribution in [3.8, 4) is 5.75 Å². The van der Waals surface area contributed by atoms with Gasteiger partial charge < -0.3 is 15.4 Å². The number of benzene rings is 1. The Hall–Kier alpha value is -2.34. The number of methoxy groups -OCH3 is 1. The maximum absolute atomic E-state index is 12.4. The van der Waals surface area contributed by atoms with E-state index in [-0.39, 0.29) is 11.6 Å². The summed E-state index contributed by atoms with van der Waals surface area (Å²) in [5.74, 6) is 0.863. The monoisotopic (exact) mass is 360 g/mol. The van der Waals surface area contributed by atoms with Crippen molar-refractivity contribution in [2.24, 2.45) is 0 Å². The topological polar surface area (TPSA) is 76.1 Å². The van der Waals surface area contributed by atoms with E-state index in [4.69, 9.17) is 16.3 Å². The molecule has 0 bridgehead atoms. The average molecular weight is 361 g/mol. The zero-order valence-electron chi connectivity index (χ0n) is 14.1.